The van der Waals surface area contributed by atoms with E-state index in [1.807, 2.05) is 0 Å². The molecule has 0 aromatic heterocycles. The summed E-state index contributed by atoms with van der Waals surface area (Å²) in [7, 11) is 0. The summed E-state index contributed by atoms with van der Waals surface area (Å²) in [6.07, 6.45) is -0.618. The Hall–Kier alpha value is -1.10. The minimum atomic E-state index is -1.16. The van der Waals surface area contributed by atoms with Crippen molar-refractivity contribution < 1.29 is 19.4 Å². The Bertz CT molecular complexity index is 303. The van der Waals surface area contributed by atoms with Gasteiger partial charge in [-0.05, 0) is 0 Å². The number of nitrogens with zero attached hydrogens (tertiary/aromatic N) is 1. The molecule has 0 spiro atoms. The molecule has 0 radical (unpaired) electrons. The van der Waals surface area contributed by atoms with Crippen molar-refractivity contribution in [2.75, 3.05) is 6.54 Å². The van der Waals surface area contributed by atoms with Crippen molar-refractivity contribution in [1.82, 2.24) is 4.90 Å². The van der Waals surface area contributed by atoms with Crippen LogP contribution in [0.5, 0.6) is 0 Å². The lowest BCUT2D eigenvalue weighted by Crippen LogP contribution is -2.32. The van der Waals surface area contributed by atoms with E-state index < -0.39 is 18.0 Å². The van der Waals surface area contributed by atoms with Crippen LogP contribution in [0.15, 0.2) is 0 Å². The van der Waals surface area contributed by atoms with Gasteiger partial charge in [0, 0.05) is 13.0 Å². The summed E-state index contributed by atoms with van der Waals surface area (Å²) in [5, 5.41) is 9.47. The SMILES string of the molecule is O=C1O[C@@H]2CCN3C(=O)[C@@H](O)[C@H]1[C@H]23. The highest BCUT2D eigenvalue weighted by Gasteiger charge is 2.62. The number of aliphatic hydroxyl groups is 1. The maximum atomic E-state index is 11.4. The monoisotopic (exact) mass is 183 g/mol. The molecular formula is C8H9NO4. The van der Waals surface area contributed by atoms with E-state index in [1.54, 1.807) is 4.90 Å². The van der Waals surface area contributed by atoms with Crippen molar-refractivity contribution in [2.24, 2.45) is 5.92 Å². The van der Waals surface area contributed by atoms with E-state index in [4.69, 9.17) is 4.74 Å². The predicted octanol–water partition coefficient (Wildman–Crippen LogP) is -1.50. The third-order valence-electron chi connectivity index (χ3n) is 3.18. The number of hydrogen-bond donors (Lipinski definition) is 1. The fourth-order valence-electron chi connectivity index (χ4n) is 2.60. The number of carbonyl (C=O) groups excluding carboxylic acids is 2. The molecule has 3 rings (SSSR count). The lowest BCUT2D eigenvalue weighted by molar-refractivity contribution is -0.149. The van der Waals surface area contributed by atoms with Crippen LogP contribution in [0.3, 0.4) is 0 Å². The highest BCUT2D eigenvalue weighted by Crippen LogP contribution is 2.41. The smallest absolute Gasteiger partial charge is 0.314 e. The van der Waals surface area contributed by atoms with Crippen LogP contribution in [0.4, 0.5) is 0 Å². The minimum Gasteiger partial charge on any atom is -0.460 e. The first-order chi connectivity index (χ1) is 6.20. The van der Waals surface area contributed by atoms with Gasteiger partial charge >= 0.3 is 5.97 Å². The van der Waals surface area contributed by atoms with Crippen molar-refractivity contribution in [3.63, 3.8) is 0 Å². The molecule has 0 aromatic rings. The quantitative estimate of drug-likeness (QED) is 0.464. The Balaban J connectivity index is 2.06. The summed E-state index contributed by atoms with van der Waals surface area (Å²) in [5.74, 6) is -1.35. The van der Waals surface area contributed by atoms with E-state index in [1.165, 1.54) is 0 Å². The van der Waals surface area contributed by atoms with Crippen LogP contribution in [0.2, 0.25) is 0 Å². The molecule has 0 bridgehead atoms. The Labute approximate surface area is 74.3 Å². The topological polar surface area (TPSA) is 66.8 Å². The molecule has 0 aliphatic carbocycles. The van der Waals surface area contributed by atoms with Gasteiger partial charge in [-0.1, -0.05) is 0 Å². The van der Waals surface area contributed by atoms with Gasteiger partial charge in [0.1, 0.15) is 18.1 Å². The molecule has 1 N–H and O–H groups in total. The van der Waals surface area contributed by atoms with Crippen molar-refractivity contribution in [2.45, 2.75) is 24.7 Å². The zero-order valence-electron chi connectivity index (χ0n) is 6.84. The molecule has 4 atom stereocenters. The van der Waals surface area contributed by atoms with E-state index in [9.17, 15) is 14.7 Å². The van der Waals surface area contributed by atoms with Gasteiger partial charge in [0.05, 0.1) is 6.04 Å². The summed E-state index contributed by atoms with van der Waals surface area (Å²) in [6.45, 7) is 0.606. The average molecular weight is 183 g/mol. The molecule has 0 aromatic carbocycles. The van der Waals surface area contributed by atoms with Crippen molar-refractivity contribution >= 4 is 11.9 Å². The van der Waals surface area contributed by atoms with Crippen LogP contribution in [0, 0.1) is 5.92 Å². The third-order valence-corrected chi connectivity index (χ3v) is 3.18. The Morgan fingerprint density at radius 1 is 1.46 bits per heavy atom. The molecule has 13 heavy (non-hydrogen) atoms. The summed E-state index contributed by atoms with van der Waals surface area (Å²) >= 11 is 0. The molecular weight excluding hydrogens is 174 g/mol. The molecule has 1 amide bonds. The van der Waals surface area contributed by atoms with Gasteiger partial charge in [0.25, 0.3) is 5.91 Å². The molecule has 5 heteroatoms. The highest BCUT2D eigenvalue weighted by atomic mass is 16.6. The zero-order chi connectivity index (χ0) is 9.16. The molecule has 3 saturated heterocycles. The standard InChI is InChI=1S/C8H9NO4/c10-6-4-5-3(13-8(4)12)1-2-9(5)7(6)11/h3-6,10H,1-2H2/t3-,4-,5+,6+/m1/s1. The number of rotatable bonds is 0. The maximum Gasteiger partial charge on any atom is 0.314 e. The molecule has 0 saturated carbocycles. The van der Waals surface area contributed by atoms with Gasteiger partial charge in [-0.15, -0.1) is 0 Å². The Morgan fingerprint density at radius 3 is 3.00 bits per heavy atom. The van der Waals surface area contributed by atoms with Crippen molar-refractivity contribution in [1.29, 1.82) is 0 Å². The molecule has 70 valence electrons. The summed E-state index contributed by atoms with van der Waals surface area (Å²) in [4.78, 5) is 24.2. The number of carbonyl (C=O) groups is 2. The first-order valence-electron chi connectivity index (χ1n) is 4.39. The summed E-state index contributed by atoms with van der Waals surface area (Å²) in [6, 6.07) is -0.185. The predicted molar refractivity (Wildman–Crippen MR) is 39.5 cm³/mol. The van der Waals surface area contributed by atoms with E-state index in [-0.39, 0.29) is 18.1 Å². The lowest BCUT2D eigenvalue weighted by Gasteiger charge is -2.13. The molecule has 0 unspecified atom stereocenters. The number of hydrogen-bond acceptors (Lipinski definition) is 4. The van der Waals surface area contributed by atoms with E-state index >= 15 is 0 Å². The fraction of sp³-hybridized carbons (Fsp3) is 0.750. The molecule has 5 nitrogen and oxygen atoms in total. The minimum absolute atomic E-state index is 0.168. The molecule has 3 aliphatic rings. The molecule has 3 aliphatic heterocycles. The number of amides is 1. The van der Waals surface area contributed by atoms with E-state index in [2.05, 4.69) is 0 Å². The van der Waals surface area contributed by atoms with Crippen molar-refractivity contribution in [3.05, 3.63) is 0 Å². The number of aliphatic hydroxyl groups excluding tert-OH is 1. The van der Waals surface area contributed by atoms with Gasteiger partial charge in [-0.3, -0.25) is 9.59 Å². The van der Waals surface area contributed by atoms with Gasteiger partial charge in [-0.25, -0.2) is 0 Å². The lowest BCUT2D eigenvalue weighted by atomic mass is 9.98. The van der Waals surface area contributed by atoms with Gasteiger partial charge in [0.2, 0.25) is 0 Å². The van der Waals surface area contributed by atoms with Crippen LogP contribution >= 0.6 is 0 Å². The summed E-state index contributed by atoms with van der Waals surface area (Å²) in [5.41, 5.74) is 0. The second kappa shape index (κ2) is 2.04. The van der Waals surface area contributed by atoms with E-state index in [0.29, 0.717) is 13.0 Å². The van der Waals surface area contributed by atoms with Gasteiger partial charge in [-0.2, -0.15) is 0 Å². The molecule has 3 heterocycles. The van der Waals surface area contributed by atoms with E-state index in [0.717, 1.165) is 0 Å². The van der Waals surface area contributed by atoms with Gasteiger partial charge in [0.15, 0.2) is 0 Å². The fourth-order valence-corrected chi connectivity index (χ4v) is 2.60. The first-order valence-corrected chi connectivity index (χ1v) is 4.39. The van der Waals surface area contributed by atoms with Crippen LogP contribution < -0.4 is 0 Å². The second-order valence-corrected chi connectivity index (χ2v) is 3.76. The van der Waals surface area contributed by atoms with Crippen LogP contribution in [-0.4, -0.2) is 46.7 Å². The second-order valence-electron chi connectivity index (χ2n) is 3.76. The zero-order valence-corrected chi connectivity index (χ0v) is 6.84. The third kappa shape index (κ3) is 0.670. The van der Waals surface area contributed by atoms with Crippen molar-refractivity contribution in [3.8, 4) is 0 Å². The van der Waals surface area contributed by atoms with Gasteiger partial charge < -0.3 is 14.7 Å². The largest absolute Gasteiger partial charge is 0.460 e. The highest BCUT2D eigenvalue weighted by molar-refractivity contribution is 5.93. The first kappa shape index (κ1) is 7.32. The Morgan fingerprint density at radius 2 is 2.23 bits per heavy atom. The maximum absolute atomic E-state index is 11.4. The normalized spacial score (nSPS) is 47.0. The average Bonchev–Trinajstić information content (AvgIpc) is 2.65. The summed E-state index contributed by atoms with van der Waals surface area (Å²) < 4.78 is 5.05. The Kier molecular flexibility index (Phi) is 1.15. The number of esters is 1. The van der Waals surface area contributed by atoms with Crippen LogP contribution in [0.25, 0.3) is 0 Å². The molecule has 3 fully saturated rings. The van der Waals surface area contributed by atoms with Crippen LogP contribution in [0.1, 0.15) is 6.42 Å². The van der Waals surface area contributed by atoms with Crippen LogP contribution in [-0.2, 0) is 14.3 Å². The number of ether oxygens (including phenoxy) is 1.